The van der Waals surface area contributed by atoms with Crippen molar-refractivity contribution in [3.8, 4) is 11.1 Å². The molecular formula is C22H15BrFNO3S. The molecule has 0 spiro atoms. The second kappa shape index (κ2) is 7.93. The van der Waals surface area contributed by atoms with Crippen molar-refractivity contribution >= 4 is 43.8 Å². The van der Waals surface area contributed by atoms with Gasteiger partial charge in [0.1, 0.15) is 11.4 Å². The summed E-state index contributed by atoms with van der Waals surface area (Å²) in [7, 11) is -1.83. The van der Waals surface area contributed by atoms with Crippen molar-refractivity contribution in [1.29, 1.82) is 0 Å². The third kappa shape index (κ3) is 3.88. The first-order valence-corrected chi connectivity index (χ1v) is 10.6. The zero-order valence-corrected chi connectivity index (χ0v) is 17.6. The summed E-state index contributed by atoms with van der Waals surface area (Å²) in [5, 5.41) is 0.185. The van der Waals surface area contributed by atoms with Crippen LogP contribution < -0.4 is 4.72 Å². The molecule has 3 aromatic carbocycles. The largest absolute Gasteiger partial charge is 0.451 e. The van der Waals surface area contributed by atoms with E-state index >= 15 is 0 Å². The highest BCUT2D eigenvalue weighted by Crippen LogP contribution is 2.29. The monoisotopic (exact) mass is 471 g/mol. The fourth-order valence-electron chi connectivity index (χ4n) is 3.09. The number of rotatable bonds is 4. The van der Waals surface area contributed by atoms with Crippen molar-refractivity contribution in [2.45, 2.75) is 11.8 Å². The van der Waals surface area contributed by atoms with E-state index in [1.807, 2.05) is 43.3 Å². The number of carbonyl (C=O) groups is 1. The molecule has 1 aromatic heterocycles. The second-order valence-electron chi connectivity index (χ2n) is 6.42. The van der Waals surface area contributed by atoms with Crippen LogP contribution in [0.3, 0.4) is 0 Å². The minimum Gasteiger partial charge on any atom is -0.451 e. The lowest BCUT2D eigenvalue weighted by atomic mass is 10.0. The van der Waals surface area contributed by atoms with Crippen LogP contribution in [0.15, 0.2) is 80.5 Å². The van der Waals surface area contributed by atoms with Crippen molar-refractivity contribution < 1.29 is 17.8 Å². The summed E-state index contributed by atoms with van der Waals surface area (Å²) in [5.41, 5.74) is 2.96. The van der Waals surface area contributed by atoms with Crippen molar-refractivity contribution in [3.05, 3.63) is 88.3 Å². The average molecular weight is 472 g/mol. The summed E-state index contributed by atoms with van der Waals surface area (Å²) in [4.78, 5) is 13.0. The molecule has 0 saturated heterocycles. The van der Waals surface area contributed by atoms with Crippen molar-refractivity contribution in [2.24, 2.45) is 0 Å². The Bertz CT molecular complexity index is 1270. The molecular weight excluding hydrogens is 457 g/mol. The first-order valence-electron chi connectivity index (χ1n) is 8.70. The number of carbonyl (C=O) groups excluding carboxylic acids is 1. The summed E-state index contributed by atoms with van der Waals surface area (Å²) in [6, 6.07) is 19.1. The maximum absolute atomic E-state index is 14.0. The highest BCUT2D eigenvalue weighted by Gasteiger charge is 2.19. The molecule has 1 amide bonds. The van der Waals surface area contributed by atoms with E-state index < -0.39 is 22.7 Å². The van der Waals surface area contributed by atoms with Crippen molar-refractivity contribution in [3.63, 3.8) is 0 Å². The molecule has 1 atom stereocenters. The maximum atomic E-state index is 14.0. The van der Waals surface area contributed by atoms with E-state index in [2.05, 4.69) is 20.7 Å². The smallest absolute Gasteiger partial charge is 0.298 e. The number of benzene rings is 3. The van der Waals surface area contributed by atoms with Gasteiger partial charge in [0.2, 0.25) is 0 Å². The normalized spacial score (nSPS) is 12.1. The van der Waals surface area contributed by atoms with Gasteiger partial charge in [-0.25, -0.2) is 8.60 Å². The van der Waals surface area contributed by atoms with Crippen LogP contribution in [0.2, 0.25) is 0 Å². The van der Waals surface area contributed by atoms with E-state index in [9.17, 15) is 13.4 Å². The first kappa shape index (κ1) is 19.5. The van der Waals surface area contributed by atoms with Crippen LogP contribution in [-0.2, 0) is 11.0 Å². The summed E-state index contributed by atoms with van der Waals surface area (Å²) in [5.74, 6) is -1.31. The summed E-state index contributed by atoms with van der Waals surface area (Å²) in [6.07, 6.45) is 0. The predicted octanol–water partition coefficient (Wildman–Crippen LogP) is 5.76. The van der Waals surface area contributed by atoms with E-state index in [1.54, 1.807) is 18.2 Å². The Morgan fingerprint density at radius 1 is 1.03 bits per heavy atom. The van der Waals surface area contributed by atoms with Crippen LogP contribution in [-0.4, -0.2) is 10.1 Å². The van der Waals surface area contributed by atoms with Gasteiger partial charge in [-0.05, 0) is 41.8 Å². The lowest BCUT2D eigenvalue weighted by Gasteiger charge is -2.11. The quantitative estimate of drug-likeness (QED) is 0.411. The molecule has 4 nitrogen and oxygen atoms in total. The van der Waals surface area contributed by atoms with Gasteiger partial charge in [-0.15, -0.1) is 0 Å². The lowest BCUT2D eigenvalue weighted by Crippen LogP contribution is -2.25. The van der Waals surface area contributed by atoms with E-state index in [4.69, 9.17) is 4.42 Å². The number of halogens is 2. The Morgan fingerprint density at radius 2 is 1.72 bits per heavy atom. The number of nitrogens with one attached hydrogen (secondary N) is 1. The zero-order valence-electron chi connectivity index (χ0n) is 15.2. The number of furan rings is 1. The van der Waals surface area contributed by atoms with Gasteiger partial charge in [0.15, 0.2) is 16.7 Å². The van der Waals surface area contributed by atoms with Gasteiger partial charge in [0, 0.05) is 10.5 Å². The molecule has 0 bridgehead atoms. The zero-order chi connectivity index (χ0) is 20.5. The Balaban J connectivity index is 1.65. The molecule has 4 aromatic rings. The number of fused-ring (bicyclic) bond motifs is 1. The third-order valence-corrected chi connectivity index (χ3v) is 6.07. The summed E-state index contributed by atoms with van der Waals surface area (Å²) < 4.78 is 35.4. The molecule has 1 unspecified atom stereocenters. The van der Waals surface area contributed by atoms with Gasteiger partial charge >= 0.3 is 0 Å². The molecule has 0 fully saturated rings. The maximum Gasteiger partial charge on any atom is 0.298 e. The van der Waals surface area contributed by atoms with E-state index in [0.717, 1.165) is 16.7 Å². The van der Waals surface area contributed by atoms with Gasteiger partial charge in [-0.3, -0.25) is 9.52 Å². The van der Waals surface area contributed by atoms with Crippen LogP contribution in [0, 0.1) is 12.7 Å². The standard InChI is InChI=1S/C22H15BrFNO3S/c1-13-6-2-3-7-15(13)16-8-4-5-9-21(16)29(27)25-22(26)20-12-17-18(24)10-14(23)11-19(17)28-20/h2-12H,1H3,(H,25,26). The summed E-state index contributed by atoms with van der Waals surface area (Å²) >= 11 is 3.19. The molecule has 0 radical (unpaired) electrons. The summed E-state index contributed by atoms with van der Waals surface area (Å²) in [6.45, 7) is 1.97. The van der Waals surface area contributed by atoms with Crippen LogP contribution in [0.4, 0.5) is 4.39 Å². The van der Waals surface area contributed by atoms with Crippen LogP contribution in [0.1, 0.15) is 16.1 Å². The molecule has 146 valence electrons. The molecule has 0 saturated carbocycles. The minimum absolute atomic E-state index is 0.112. The molecule has 1 heterocycles. The van der Waals surface area contributed by atoms with Gasteiger partial charge in [-0.1, -0.05) is 58.4 Å². The molecule has 1 N–H and O–H groups in total. The third-order valence-electron chi connectivity index (χ3n) is 4.48. The Hall–Kier alpha value is -2.77. The first-order chi connectivity index (χ1) is 13.9. The number of hydrogen-bond acceptors (Lipinski definition) is 3. The average Bonchev–Trinajstić information content (AvgIpc) is 3.13. The van der Waals surface area contributed by atoms with Gasteiger partial charge in [0.25, 0.3) is 5.91 Å². The fraction of sp³-hybridized carbons (Fsp3) is 0.0455. The van der Waals surface area contributed by atoms with Gasteiger partial charge in [-0.2, -0.15) is 0 Å². The van der Waals surface area contributed by atoms with Gasteiger partial charge in [0.05, 0.1) is 10.3 Å². The number of aryl methyl sites for hydroxylation is 1. The van der Waals surface area contributed by atoms with Gasteiger partial charge < -0.3 is 4.42 Å². The lowest BCUT2D eigenvalue weighted by molar-refractivity contribution is 0.0958. The topological polar surface area (TPSA) is 59.3 Å². The van der Waals surface area contributed by atoms with Crippen LogP contribution >= 0.6 is 15.9 Å². The SMILES string of the molecule is Cc1ccccc1-c1ccccc1S(=O)NC(=O)c1cc2c(F)cc(Br)cc2o1. The highest BCUT2D eigenvalue weighted by molar-refractivity contribution is 9.10. The van der Waals surface area contributed by atoms with Crippen molar-refractivity contribution in [2.75, 3.05) is 0 Å². The number of hydrogen-bond donors (Lipinski definition) is 1. The molecule has 0 aliphatic rings. The minimum atomic E-state index is -1.83. The van der Waals surface area contributed by atoms with E-state index in [0.29, 0.717) is 9.37 Å². The fourth-order valence-corrected chi connectivity index (χ4v) is 4.46. The Kier molecular flexibility index (Phi) is 5.34. The highest BCUT2D eigenvalue weighted by atomic mass is 79.9. The molecule has 4 rings (SSSR count). The molecule has 0 aliphatic heterocycles. The van der Waals surface area contributed by atoms with E-state index in [1.165, 1.54) is 12.1 Å². The number of amides is 1. The Labute approximate surface area is 177 Å². The van der Waals surface area contributed by atoms with Crippen molar-refractivity contribution in [1.82, 2.24) is 4.72 Å². The van der Waals surface area contributed by atoms with E-state index in [-0.39, 0.29) is 16.7 Å². The van der Waals surface area contributed by atoms with Crippen LogP contribution in [0.25, 0.3) is 22.1 Å². The Morgan fingerprint density at radius 3 is 2.48 bits per heavy atom. The molecule has 7 heteroatoms. The van der Waals surface area contributed by atoms with Crippen LogP contribution in [0.5, 0.6) is 0 Å². The second-order valence-corrected chi connectivity index (χ2v) is 8.52. The molecule has 29 heavy (non-hydrogen) atoms. The molecule has 0 aliphatic carbocycles. The predicted molar refractivity (Wildman–Crippen MR) is 114 cm³/mol.